The standard InChI is InChI=1S/C18H23FN2O3S/c19-17-5-2-1-4-16(17)13-20-7-3-8-21(10-9-20)18(22)12-15-6-11-25(23,24)14-15/h1-2,4-6,11,15H,3,7-10,12-14H2/t15-/m1/s1. The number of hydrogen-bond donors (Lipinski definition) is 0. The third-order valence-corrected chi connectivity index (χ3v) is 6.20. The maximum Gasteiger partial charge on any atom is 0.223 e. The predicted molar refractivity (Wildman–Crippen MR) is 93.9 cm³/mol. The van der Waals surface area contributed by atoms with Crippen LogP contribution in [0, 0.1) is 11.7 Å². The normalized spacial score (nSPS) is 23.6. The lowest BCUT2D eigenvalue weighted by Gasteiger charge is -2.23. The number of amides is 1. The molecule has 0 spiro atoms. The fourth-order valence-corrected chi connectivity index (χ4v) is 4.77. The van der Waals surface area contributed by atoms with Gasteiger partial charge in [0.2, 0.25) is 5.91 Å². The zero-order valence-corrected chi connectivity index (χ0v) is 14.9. The van der Waals surface area contributed by atoms with Crippen molar-refractivity contribution in [3.05, 3.63) is 47.1 Å². The number of hydrogen-bond acceptors (Lipinski definition) is 4. The van der Waals surface area contributed by atoms with Crippen molar-refractivity contribution < 1.29 is 17.6 Å². The Hall–Kier alpha value is -1.73. The van der Waals surface area contributed by atoms with Crippen molar-refractivity contribution in [3.8, 4) is 0 Å². The van der Waals surface area contributed by atoms with E-state index in [1.54, 1.807) is 23.1 Å². The summed E-state index contributed by atoms with van der Waals surface area (Å²) in [6.07, 6.45) is 2.69. The van der Waals surface area contributed by atoms with Gasteiger partial charge in [-0.05, 0) is 12.5 Å². The van der Waals surface area contributed by atoms with Gasteiger partial charge in [0.15, 0.2) is 9.84 Å². The molecule has 0 radical (unpaired) electrons. The van der Waals surface area contributed by atoms with Crippen LogP contribution in [0.4, 0.5) is 4.39 Å². The smallest absolute Gasteiger partial charge is 0.223 e. The lowest BCUT2D eigenvalue weighted by atomic mass is 10.1. The van der Waals surface area contributed by atoms with Gasteiger partial charge in [-0.15, -0.1) is 0 Å². The molecule has 0 aromatic heterocycles. The summed E-state index contributed by atoms with van der Waals surface area (Å²) in [5.41, 5.74) is 0.670. The first-order valence-electron chi connectivity index (χ1n) is 8.57. The Labute approximate surface area is 148 Å². The molecule has 0 bridgehead atoms. The van der Waals surface area contributed by atoms with Gasteiger partial charge < -0.3 is 4.90 Å². The van der Waals surface area contributed by atoms with E-state index >= 15 is 0 Å². The fourth-order valence-electron chi connectivity index (χ4n) is 3.37. The molecule has 1 saturated heterocycles. The van der Waals surface area contributed by atoms with E-state index < -0.39 is 9.84 Å². The van der Waals surface area contributed by atoms with Crippen LogP contribution < -0.4 is 0 Å². The summed E-state index contributed by atoms with van der Waals surface area (Å²) in [5, 5.41) is 1.21. The van der Waals surface area contributed by atoms with Crippen molar-refractivity contribution in [1.82, 2.24) is 9.80 Å². The monoisotopic (exact) mass is 366 g/mol. The molecule has 2 heterocycles. The molecule has 136 valence electrons. The Balaban J connectivity index is 1.52. The van der Waals surface area contributed by atoms with Crippen LogP contribution in [0.25, 0.3) is 0 Å². The van der Waals surface area contributed by atoms with Crippen molar-refractivity contribution in [2.24, 2.45) is 5.92 Å². The van der Waals surface area contributed by atoms with Crippen LogP contribution in [0.15, 0.2) is 35.7 Å². The van der Waals surface area contributed by atoms with Crippen molar-refractivity contribution >= 4 is 15.7 Å². The molecule has 1 aromatic rings. The molecule has 1 aromatic carbocycles. The van der Waals surface area contributed by atoms with Gasteiger partial charge in [-0.25, -0.2) is 12.8 Å². The van der Waals surface area contributed by atoms with Crippen LogP contribution in [0.2, 0.25) is 0 Å². The van der Waals surface area contributed by atoms with Gasteiger partial charge in [-0.3, -0.25) is 9.69 Å². The van der Waals surface area contributed by atoms with Crippen LogP contribution in [-0.4, -0.2) is 56.1 Å². The largest absolute Gasteiger partial charge is 0.341 e. The van der Waals surface area contributed by atoms with E-state index in [-0.39, 0.29) is 29.8 Å². The molecule has 1 fully saturated rings. The highest BCUT2D eigenvalue weighted by molar-refractivity contribution is 7.94. The molecule has 3 rings (SSSR count). The molecule has 0 saturated carbocycles. The number of allylic oxidation sites excluding steroid dienone is 1. The third kappa shape index (κ3) is 4.89. The third-order valence-electron chi connectivity index (χ3n) is 4.73. The molecule has 0 unspecified atom stereocenters. The predicted octanol–water partition coefficient (Wildman–Crippen LogP) is 1.81. The van der Waals surface area contributed by atoms with Crippen molar-refractivity contribution in [1.29, 1.82) is 0 Å². The second kappa shape index (κ2) is 7.66. The van der Waals surface area contributed by atoms with E-state index in [0.29, 0.717) is 31.7 Å². The summed E-state index contributed by atoms with van der Waals surface area (Å²) >= 11 is 0. The number of halogens is 1. The van der Waals surface area contributed by atoms with Gasteiger partial charge in [0.05, 0.1) is 5.75 Å². The van der Waals surface area contributed by atoms with Gasteiger partial charge in [-0.1, -0.05) is 24.3 Å². The lowest BCUT2D eigenvalue weighted by molar-refractivity contribution is -0.131. The Morgan fingerprint density at radius 2 is 1.96 bits per heavy atom. The summed E-state index contributed by atoms with van der Waals surface area (Å²) in [7, 11) is -3.12. The quantitative estimate of drug-likeness (QED) is 0.816. The minimum Gasteiger partial charge on any atom is -0.341 e. The number of nitrogens with zero attached hydrogens (tertiary/aromatic N) is 2. The first-order valence-corrected chi connectivity index (χ1v) is 10.3. The number of sulfone groups is 1. The highest BCUT2D eigenvalue weighted by atomic mass is 32.2. The Kier molecular flexibility index (Phi) is 5.54. The topological polar surface area (TPSA) is 57.7 Å². The Bertz CT molecular complexity index is 763. The van der Waals surface area contributed by atoms with E-state index in [1.165, 1.54) is 11.5 Å². The number of carbonyl (C=O) groups is 1. The molecule has 7 heteroatoms. The molecule has 25 heavy (non-hydrogen) atoms. The van der Waals surface area contributed by atoms with Crippen LogP contribution in [0.5, 0.6) is 0 Å². The SMILES string of the molecule is O=C(C[C@H]1C=CS(=O)(=O)C1)N1CCCN(Cc2ccccc2F)CC1. The number of rotatable bonds is 4. The molecule has 2 aliphatic heterocycles. The molecule has 1 atom stereocenters. The van der Waals surface area contributed by atoms with E-state index in [0.717, 1.165) is 13.0 Å². The Morgan fingerprint density at radius 3 is 2.68 bits per heavy atom. The lowest BCUT2D eigenvalue weighted by Crippen LogP contribution is -2.36. The molecular formula is C18H23FN2O3S. The maximum absolute atomic E-state index is 13.8. The average molecular weight is 366 g/mol. The molecule has 0 N–H and O–H groups in total. The van der Waals surface area contributed by atoms with Gasteiger partial charge in [0, 0.05) is 56.0 Å². The van der Waals surface area contributed by atoms with Crippen LogP contribution in [-0.2, 0) is 21.2 Å². The second-order valence-corrected chi connectivity index (χ2v) is 8.66. The van der Waals surface area contributed by atoms with Crippen molar-refractivity contribution in [2.75, 3.05) is 31.9 Å². The van der Waals surface area contributed by atoms with Gasteiger partial charge in [0.1, 0.15) is 5.82 Å². The zero-order chi connectivity index (χ0) is 17.9. The van der Waals surface area contributed by atoms with Gasteiger partial charge in [0.25, 0.3) is 0 Å². The minimum atomic E-state index is -3.12. The van der Waals surface area contributed by atoms with E-state index in [2.05, 4.69) is 4.90 Å². The van der Waals surface area contributed by atoms with Gasteiger partial charge in [-0.2, -0.15) is 0 Å². The van der Waals surface area contributed by atoms with Crippen LogP contribution in [0.1, 0.15) is 18.4 Å². The molecular weight excluding hydrogens is 343 g/mol. The molecule has 1 amide bonds. The summed E-state index contributed by atoms with van der Waals surface area (Å²) in [4.78, 5) is 16.4. The molecule has 5 nitrogen and oxygen atoms in total. The first-order chi connectivity index (χ1) is 11.9. The summed E-state index contributed by atoms with van der Waals surface area (Å²) in [5.74, 6) is -0.380. The maximum atomic E-state index is 13.8. The summed E-state index contributed by atoms with van der Waals surface area (Å²) in [6, 6.07) is 6.76. The van der Waals surface area contributed by atoms with E-state index in [4.69, 9.17) is 0 Å². The summed E-state index contributed by atoms with van der Waals surface area (Å²) < 4.78 is 36.7. The van der Waals surface area contributed by atoms with Crippen molar-refractivity contribution in [2.45, 2.75) is 19.4 Å². The minimum absolute atomic E-state index is 0.000471. The van der Waals surface area contributed by atoms with Crippen LogP contribution >= 0.6 is 0 Å². The average Bonchev–Trinajstić information content (AvgIpc) is 2.77. The molecule has 2 aliphatic rings. The Morgan fingerprint density at radius 1 is 1.16 bits per heavy atom. The fraction of sp³-hybridized carbons (Fsp3) is 0.500. The highest BCUT2D eigenvalue weighted by Gasteiger charge is 2.27. The zero-order valence-electron chi connectivity index (χ0n) is 14.1. The van der Waals surface area contributed by atoms with E-state index in [1.807, 2.05) is 6.07 Å². The summed E-state index contributed by atoms with van der Waals surface area (Å²) in [6.45, 7) is 3.30. The second-order valence-electron chi connectivity index (χ2n) is 6.72. The first kappa shape index (κ1) is 18.1. The van der Waals surface area contributed by atoms with Crippen LogP contribution in [0.3, 0.4) is 0 Å². The number of carbonyl (C=O) groups excluding carboxylic acids is 1. The van der Waals surface area contributed by atoms with Crippen molar-refractivity contribution in [3.63, 3.8) is 0 Å². The van der Waals surface area contributed by atoms with E-state index in [9.17, 15) is 17.6 Å². The number of benzene rings is 1. The molecule has 0 aliphatic carbocycles. The highest BCUT2D eigenvalue weighted by Crippen LogP contribution is 2.20. The van der Waals surface area contributed by atoms with Gasteiger partial charge >= 0.3 is 0 Å².